The van der Waals surface area contributed by atoms with Crippen molar-refractivity contribution in [1.29, 1.82) is 0 Å². The fraction of sp³-hybridized carbons (Fsp3) is 0.462. The first-order valence-electron chi connectivity index (χ1n) is 5.97. The van der Waals surface area contributed by atoms with E-state index in [0.29, 0.717) is 28.5 Å². The summed E-state index contributed by atoms with van der Waals surface area (Å²) in [5, 5.41) is 0.686. The highest BCUT2D eigenvalue weighted by molar-refractivity contribution is 9.10. The third-order valence-corrected chi connectivity index (χ3v) is 4.33. The third-order valence-electron chi connectivity index (χ3n) is 2.95. The van der Waals surface area contributed by atoms with Gasteiger partial charge in [-0.25, -0.2) is 4.39 Å². The standard InChI is InChI=1S/C13H14Br2FNO2/c1-8-6-17(7-10(5-14)19-8)13(18)11-3-2-9(16)4-12(11)15/h2-4,8,10H,5-7H2,1H3. The summed E-state index contributed by atoms with van der Waals surface area (Å²) in [6.45, 7) is 3.03. The Morgan fingerprint density at radius 2 is 2.26 bits per heavy atom. The van der Waals surface area contributed by atoms with Gasteiger partial charge in [0.15, 0.2) is 0 Å². The topological polar surface area (TPSA) is 29.5 Å². The summed E-state index contributed by atoms with van der Waals surface area (Å²) in [6.07, 6.45) is -0.00797. The van der Waals surface area contributed by atoms with Crippen LogP contribution in [-0.2, 0) is 4.74 Å². The van der Waals surface area contributed by atoms with Crippen LogP contribution in [0.15, 0.2) is 22.7 Å². The van der Waals surface area contributed by atoms with Gasteiger partial charge in [-0.2, -0.15) is 0 Å². The summed E-state index contributed by atoms with van der Waals surface area (Å²) in [6, 6.07) is 4.11. The Hall–Kier alpha value is -0.460. The van der Waals surface area contributed by atoms with Gasteiger partial charge in [0.2, 0.25) is 0 Å². The molecule has 2 atom stereocenters. The maximum absolute atomic E-state index is 13.1. The third kappa shape index (κ3) is 3.55. The molecule has 1 fully saturated rings. The van der Waals surface area contributed by atoms with Crippen molar-refractivity contribution < 1.29 is 13.9 Å². The zero-order valence-electron chi connectivity index (χ0n) is 10.4. The summed E-state index contributed by atoms with van der Waals surface area (Å²) < 4.78 is 19.2. The molecular formula is C13H14Br2FNO2. The predicted octanol–water partition coefficient (Wildman–Crippen LogP) is 3.21. The molecule has 1 amide bonds. The minimum Gasteiger partial charge on any atom is -0.371 e. The fourth-order valence-electron chi connectivity index (χ4n) is 2.13. The average molecular weight is 395 g/mol. The molecule has 6 heteroatoms. The van der Waals surface area contributed by atoms with Crippen LogP contribution in [0.1, 0.15) is 17.3 Å². The zero-order chi connectivity index (χ0) is 14.0. The van der Waals surface area contributed by atoms with E-state index in [1.165, 1.54) is 18.2 Å². The van der Waals surface area contributed by atoms with Gasteiger partial charge in [0.1, 0.15) is 5.82 Å². The first kappa shape index (κ1) is 14.9. The Labute approximate surface area is 128 Å². The molecule has 0 spiro atoms. The predicted molar refractivity (Wildman–Crippen MR) is 78.1 cm³/mol. The molecule has 0 radical (unpaired) electrons. The van der Waals surface area contributed by atoms with Crippen LogP contribution in [0.5, 0.6) is 0 Å². The van der Waals surface area contributed by atoms with Crippen LogP contribution in [0.2, 0.25) is 0 Å². The van der Waals surface area contributed by atoms with Crippen LogP contribution in [0, 0.1) is 5.82 Å². The zero-order valence-corrected chi connectivity index (χ0v) is 13.6. The van der Waals surface area contributed by atoms with E-state index in [1.54, 1.807) is 4.90 Å². The number of nitrogens with zero attached hydrogens (tertiary/aromatic N) is 1. The van der Waals surface area contributed by atoms with Gasteiger partial charge < -0.3 is 9.64 Å². The number of ether oxygens (including phenoxy) is 1. The number of hydrogen-bond acceptors (Lipinski definition) is 2. The molecule has 1 saturated heterocycles. The number of hydrogen-bond donors (Lipinski definition) is 0. The van der Waals surface area contributed by atoms with E-state index in [-0.39, 0.29) is 23.9 Å². The molecule has 2 rings (SSSR count). The van der Waals surface area contributed by atoms with Crippen molar-refractivity contribution in [2.24, 2.45) is 0 Å². The molecule has 1 aromatic carbocycles. The molecule has 1 aliphatic heterocycles. The Morgan fingerprint density at radius 1 is 1.53 bits per heavy atom. The maximum Gasteiger partial charge on any atom is 0.255 e. The summed E-state index contributed by atoms with van der Waals surface area (Å²) in [4.78, 5) is 14.2. The normalized spacial score (nSPS) is 23.5. The van der Waals surface area contributed by atoms with Gasteiger partial charge in [0.25, 0.3) is 5.91 Å². The van der Waals surface area contributed by atoms with Crippen LogP contribution in [0.25, 0.3) is 0 Å². The minimum atomic E-state index is -0.364. The molecule has 0 saturated carbocycles. The van der Waals surface area contributed by atoms with Crippen molar-refractivity contribution in [2.75, 3.05) is 18.4 Å². The molecule has 0 N–H and O–H groups in total. The monoisotopic (exact) mass is 393 g/mol. The van der Waals surface area contributed by atoms with Crippen LogP contribution >= 0.6 is 31.9 Å². The second kappa shape index (κ2) is 6.33. The molecule has 1 aromatic rings. The maximum atomic E-state index is 13.1. The average Bonchev–Trinajstić information content (AvgIpc) is 2.37. The number of carbonyl (C=O) groups excluding carboxylic acids is 1. The first-order chi connectivity index (χ1) is 9.01. The van der Waals surface area contributed by atoms with Gasteiger partial charge in [0, 0.05) is 22.9 Å². The Kier molecular flexibility index (Phi) is 4.97. The second-order valence-corrected chi connectivity index (χ2v) is 6.06. The van der Waals surface area contributed by atoms with Crippen molar-refractivity contribution in [3.8, 4) is 0 Å². The van der Waals surface area contributed by atoms with Crippen LogP contribution < -0.4 is 0 Å². The van der Waals surface area contributed by atoms with E-state index in [9.17, 15) is 9.18 Å². The van der Waals surface area contributed by atoms with E-state index >= 15 is 0 Å². The van der Waals surface area contributed by atoms with Crippen molar-refractivity contribution in [2.45, 2.75) is 19.1 Å². The quantitative estimate of drug-likeness (QED) is 0.721. The number of carbonyl (C=O) groups is 1. The van der Waals surface area contributed by atoms with Gasteiger partial charge >= 0.3 is 0 Å². The van der Waals surface area contributed by atoms with Crippen LogP contribution in [-0.4, -0.2) is 41.4 Å². The second-order valence-electron chi connectivity index (χ2n) is 4.56. The van der Waals surface area contributed by atoms with Crippen molar-refractivity contribution >= 4 is 37.8 Å². The fourth-order valence-corrected chi connectivity index (χ4v) is 3.01. The molecule has 104 valence electrons. The number of benzene rings is 1. The molecule has 1 heterocycles. The van der Waals surface area contributed by atoms with Crippen molar-refractivity contribution in [1.82, 2.24) is 4.90 Å². The largest absolute Gasteiger partial charge is 0.371 e. The lowest BCUT2D eigenvalue weighted by Gasteiger charge is -2.36. The van der Waals surface area contributed by atoms with E-state index in [0.717, 1.165) is 0 Å². The molecule has 0 bridgehead atoms. The lowest BCUT2D eigenvalue weighted by molar-refractivity contribution is -0.0559. The molecule has 3 nitrogen and oxygen atoms in total. The highest BCUT2D eigenvalue weighted by Crippen LogP contribution is 2.22. The molecule has 1 aliphatic rings. The smallest absolute Gasteiger partial charge is 0.255 e. The summed E-state index contributed by atoms with van der Waals surface area (Å²) in [5.41, 5.74) is 0.476. The lowest BCUT2D eigenvalue weighted by atomic mass is 10.1. The molecule has 0 aliphatic carbocycles. The number of morpholine rings is 1. The van der Waals surface area contributed by atoms with Gasteiger partial charge in [-0.05, 0) is 41.1 Å². The van der Waals surface area contributed by atoms with Crippen molar-refractivity contribution in [3.05, 3.63) is 34.1 Å². The molecule has 2 unspecified atom stereocenters. The van der Waals surface area contributed by atoms with E-state index in [2.05, 4.69) is 31.9 Å². The summed E-state index contributed by atoms with van der Waals surface area (Å²) in [7, 11) is 0. The van der Waals surface area contributed by atoms with E-state index in [4.69, 9.17) is 4.74 Å². The molecule has 19 heavy (non-hydrogen) atoms. The van der Waals surface area contributed by atoms with Gasteiger partial charge in [-0.1, -0.05) is 15.9 Å². The Balaban J connectivity index is 2.18. The summed E-state index contributed by atoms with van der Waals surface area (Å²) in [5.74, 6) is -0.468. The van der Waals surface area contributed by atoms with E-state index < -0.39 is 0 Å². The van der Waals surface area contributed by atoms with Crippen LogP contribution in [0.4, 0.5) is 4.39 Å². The van der Waals surface area contributed by atoms with Crippen molar-refractivity contribution in [3.63, 3.8) is 0 Å². The molecular weight excluding hydrogens is 381 g/mol. The number of rotatable bonds is 2. The lowest BCUT2D eigenvalue weighted by Crippen LogP contribution is -2.49. The number of halogens is 3. The van der Waals surface area contributed by atoms with Gasteiger partial charge in [-0.15, -0.1) is 0 Å². The highest BCUT2D eigenvalue weighted by Gasteiger charge is 2.29. The van der Waals surface area contributed by atoms with Crippen LogP contribution in [0.3, 0.4) is 0 Å². The summed E-state index contributed by atoms with van der Waals surface area (Å²) >= 11 is 6.61. The Morgan fingerprint density at radius 3 is 2.89 bits per heavy atom. The SMILES string of the molecule is CC1CN(C(=O)c2ccc(F)cc2Br)CC(CBr)O1. The minimum absolute atomic E-state index is 0.000487. The Bertz CT molecular complexity index is 484. The van der Waals surface area contributed by atoms with Gasteiger partial charge in [-0.3, -0.25) is 4.79 Å². The first-order valence-corrected chi connectivity index (χ1v) is 7.88. The number of alkyl halides is 1. The number of amides is 1. The van der Waals surface area contributed by atoms with Gasteiger partial charge in [0.05, 0.1) is 17.8 Å². The van der Waals surface area contributed by atoms with E-state index in [1.807, 2.05) is 6.92 Å². The highest BCUT2D eigenvalue weighted by atomic mass is 79.9. The molecule has 0 aromatic heterocycles.